The van der Waals surface area contributed by atoms with E-state index in [2.05, 4.69) is 10.3 Å². The van der Waals surface area contributed by atoms with Crippen molar-refractivity contribution in [2.24, 2.45) is 5.92 Å². The first kappa shape index (κ1) is 14.3. The van der Waals surface area contributed by atoms with Gasteiger partial charge in [-0.1, -0.05) is 11.3 Å². The minimum Gasteiger partial charge on any atom is -0.465 e. The maximum Gasteiger partial charge on any atom is 0.407 e. The van der Waals surface area contributed by atoms with E-state index in [1.54, 1.807) is 0 Å². The van der Waals surface area contributed by atoms with Crippen LogP contribution in [-0.2, 0) is 22.5 Å². The molecule has 0 atom stereocenters. The number of rotatable bonds is 2. The third-order valence-electron chi connectivity index (χ3n) is 3.82. The number of anilines is 1. The molecule has 2 aliphatic rings. The zero-order valence-corrected chi connectivity index (χ0v) is 12.3. The molecule has 0 unspecified atom stereocenters. The van der Waals surface area contributed by atoms with Crippen molar-refractivity contribution in [3.05, 3.63) is 10.6 Å². The van der Waals surface area contributed by atoms with E-state index in [1.807, 2.05) is 0 Å². The molecule has 8 heteroatoms. The Hall–Kier alpha value is -1.67. The molecular formula is C13H17N3O4S. The highest BCUT2D eigenvalue weighted by Crippen LogP contribution is 2.29. The zero-order chi connectivity index (χ0) is 14.8. The van der Waals surface area contributed by atoms with Crippen LogP contribution in [0.4, 0.5) is 9.93 Å². The topological polar surface area (TPSA) is 91.8 Å². The molecule has 21 heavy (non-hydrogen) atoms. The Labute approximate surface area is 125 Å². The van der Waals surface area contributed by atoms with Gasteiger partial charge >= 0.3 is 6.09 Å². The third kappa shape index (κ3) is 3.16. The number of aromatic nitrogens is 1. The monoisotopic (exact) mass is 311 g/mol. The summed E-state index contributed by atoms with van der Waals surface area (Å²) in [7, 11) is 0. The van der Waals surface area contributed by atoms with Gasteiger partial charge in [0.25, 0.3) is 0 Å². The largest absolute Gasteiger partial charge is 0.465 e. The van der Waals surface area contributed by atoms with E-state index in [1.165, 1.54) is 16.2 Å². The first-order chi connectivity index (χ1) is 10.1. The van der Waals surface area contributed by atoms with Crippen molar-refractivity contribution in [2.45, 2.75) is 25.8 Å². The average molecular weight is 311 g/mol. The number of hydrogen-bond acceptors (Lipinski definition) is 5. The van der Waals surface area contributed by atoms with Crippen LogP contribution in [0.5, 0.6) is 0 Å². The molecule has 1 fully saturated rings. The second-order valence-electron chi connectivity index (χ2n) is 5.22. The van der Waals surface area contributed by atoms with Crippen molar-refractivity contribution >= 4 is 28.5 Å². The second kappa shape index (κ2) is 5.98. The van der Waals surface area contributed by atoms with E-state index in [4.69, 9.17) is 9.84 Å². The highest BCUT2D eigenvalue weighted by atomic mass is 32.1. The van der Waals surface area contributed by atoms with Crippen molar-refractivity contribution in [2.75, 3.05) is 25.1 Å². The van der Waals surface area contributed by atoms with E-state index in [0.717, 1.165) is 23.4 Å². The van der Waals surface area contributed by atoms with Crippen LogP contribution in [0.15, 0.2) is 0 Å². The lowest BCUT2D eigenvalue weighted by atomic mass is 10.00. The maximum atomic E-state index is 12.1. The fourth-order valence-electron chi connectivity index (χ4n) is 2.58. The molecule has 3 heterocycles. The first-order valence-corrected chi connectivity index (χ1v) is 7.80. The van der Waals surface area contributed by atoms with Gasteiger partial charge in [0.15, 0.2) is 5.13 Å². The number of carboxylic acid groups (broad SMARTS) is 1. The number of carbonyl (C=O) groups is 2. The molecule has 1 aromatic rings. The van der Waals surface area contributed by atoms with E-state index in [-0.39, 0.29) is 11.8 Å². The molecule has 114 valence electrons. The van der Waals surface area contributed by atoms with Crippen LogP contribution >= 0.6 is 11.3 Å². The predicted molar refractivity (Wildman–Crippen MR) is 76.4 cm³/mol. The summed E-state index contributed by atoms with van der Waals surface area (Å²) >= 11 is 1.37. The number of ether oxygens (including phenoxy) is 1. The first-order valence-electron chi connectivity index (χ1n) is 6.98. The molecule has 2 N–H and O–H groups in total. The van der Waals surface area contributed by atoms with Gasteiger partial charge in [-0.3, -0.25) is 4.79 Å². The van der Waals surface area contributed by atoms with Crippen LogP contribution in [-0.4, -0.2) is 46.7 Å². The summed E-state index contributed by atoms with van der Waals surface area (Å²) in [5.41, 5.74) is 0.903. The maximum absolute atomic E-state index is 12.1. The summed E-state index contributed by atoms with van der Waals surface area (Å²) in [5.74, 6) is -0.0327. The molecule has 0 spiro atoms. The van der Waals surface area contributed by atoms with E-state index in [0.29, 0.717) is 37.9 Å². The van der Waals surface area contributed by atoms with E-state index in [9.17, 15) is 9.59 Å². The average Bonchev–Trinajstić information content (AvgIpc) is 2.89. The smallest absolute Gasteiger partial charge is 0.407 e. The Balaban J connectivity index is 1.65. The normalized spacial score (nSPS) is 19.1. The van der Waals surface area contributed by atoms with Gasteiger partial charge in [-0.2, -0.15) is 0 Å². The molecule has 2 aliphatic heterocycles. The summed E-state index contributed by atoms with van der Waals surface area (Å²) in [6.07, 6.45) is 1.17. The Morgan fingerprint density at radius 1 is 1.38 bits per heavy atom. The van der Waals surface area contributed by atoms with Crippen LogP contribution in [0.2, 0.25) is 0 Å². The van der Waals surface area contributed by atoms with E-state index >= 15 is 0 Å². The Morgan fingerprint density at radius 3 is 2.86 bits per heavy atom. The number of amides is 2. The van der Waals surface area contributed by atoms with Crippen LogP contribution in [0.3, 0.4) is 0 Å². The van der Waals surface area contributed by atoms with Gasteiger partial charge in [0.2, 0.25) is 5.91 Å². The third-order valence-corrected chi connectivity index (χ3v) is 4.82. The Kier molecular flexibility index (Phi) is 4.07. The van der Waals surface area contributed by atoms with Crippen LogP contribution in [0.1, 0.15) is 23.4 Å². The number of hydrogen-bond donors (Lipinski definition) is 2. The lowest BCUT2D eigenvalue weighted by molar-refractivity contribution is -0.122. The SMILES string of the molecule is O=C(Nc1nc2c(s1)CN(C(=O)O)CC2)C1CCOCC1. The molecule has 1 saturated heterocycles. The van der Waals surface area contributed by atoms with Gasteiger partial charge in [-0.05, 0) is 12.8 Å². The zero-order valence-electron chi connectivity index (χ0n) is 11.5. The number of thiazole rings is 1. The van der Waals surface area contributed by atoms with Crippen LogP contribution in [0, 0.1) is 5.92 Å². The highest BCUT2D eigenvalue weighted by molar-refractivity contribution is 7.15. The Morgan fingerprint density at radius 2 is 2.14 bits per heavy atom. The van der Waals surface area contributed by atoms with Gasteiger partial charge in [0, 0.05) is 37.0 Å². The molecule has 1 aromatic heterocycles. The number of nitrogens with zero attached hydrogens (tertiary/aromatic N) is 2. The van der Waals surface area contributed by atoms with Gasteiger partial charge in [0.05, 0.1) is 12.2 Å². The lowest BCUT2D eigenvalue weighted by Gasteiger charge is -2.22. The second-order valence-corrected chi connectivity index (χ2v) is 6.30. The predicted octanol–water partition coefficient (Wildman–Crippen LogP) is 1.54. The fraction of sp³-hybridized carbons (Fsp3) is 0.615. The molecule has 0 aromatic carbocycles. The van der Waals surface area contributed by atoms with Crippen molar-refractivity contribution in [3.8, 4) is 0 Å². The summed E-state index contributed by atoms with van der Waals surface area (Å²) in [5, 5.41) is 12.4. The molecule has 0 aliphatic carbocycles. The fourth-order valence-corrected chi connectivity index (χ4v) is 3.61. The number of carbonyl (C=O) groups excluding carboxylic acids is 1. The summed E-state index contributed by atoms with van der Waals surface area (Å²) < 4.78 is 5.25. The minimum absolute atomic E-state index is 0.0144. The van der Waals surface area contributed by atoms with Crippen molar-refractivity contribution in [1.29, 1.82) is 0 Å². The molecule has 0 bridgehead atoms. The summed E-state index contributed by atoms with van der Waals surface area (Å²) in [6.45, 7) is 2.06. The number of nitrogens with one attached hydrogen (secondary N) is 1. The molecule has 0 saturated carbocycles. The molecule has 0 radical (unpaired) electrons. The molecule has 7 nitrogen and oxygen atoms in total. The van der Waals surface area contributed by atoms with Crippen LogP contribution < -0.4 is 5.32 Å². The highest BCUT2D eigenvalue weighted by Gasteiger charge is 2.26. The minimum atomic E-state index is -0.915. The molecular weight excluding hydrogens is 294 g/mol. The van der Waals surface area contributed by atoms with Gasteiger partial charge < -0.3 is 20.1 Å². The van der Waals surface area contributed by atoms with Crippen molar-refractivity contribution in [1.82, 2.24) is 9.88 Å². The van der Waals surface area contributed by atoms with Gasteiger partial charge in [-0.25, -0.2) is 9.78 Å². The van der Waals surface area contributed by atoms with E-state index < -0.39 is 6.09 Å². The Bertz CT molecular complexity index is 554. The van der Waals surface area contributed by atoms with Crippen molar-refractivity contribution in [3.63, 3.8) is 0 Å². The summed E-state index contributed by atoms with van der Waals surface area (Å²) in [4.78, 5) is 29.8. The van der Waals surface area contributed by atoms with Crippen molar-refractivity contribution < 1.29 is 19.4 Å². The number of fused-ring (bicyclic) bond motifs is 1. The standard InChI is InChI=1S/C13H17N3O4S/c17-11(8-2-5-20-6-3-8)15-12-14-9-1-4-16(13(18)19)7-10(9)21-12/h8H,1-7H2,(H,18,19)(H,14,15,17). The van der Waals surface area contributed by atoms with Crippen LogP contribution in [0.25, 0.3) is 0 Å². The quantitative estimate of drug-likeness (QED) is 0.864. The van der Waals surface area contributed by atoms with Gasteiger partial charge in [-0.15, -0.1) is 0 Å². The summed E-state index contributed by atoms with van der Waals surface area (Å²) in [6, 6.07) is 0. The lowest BCUT2D eigenvalue weighted by Crippen LogP contribution is -2.34. The molecule has 2 amide bonds. The van der Waals surface area contributed by atoms with Gasteiger partial charge in [0.1, 0.15) is 0 Å². The molecule has 3 rings (SSSR count).